The number of rotatable bonds is 6. The Hall–Kier alpha value is -7.63. The molecule has 11 aromatic rings. The molecular weight excluding hydrogens is 709 g/mol. The number of nitrogens with zero attached hydrogens (tertiary/aromatic N) is 4. The van der Waals surface area contributed by atoms with Crippen LogP contribution >= 0.6 is 0 Å². The fourth-order valence-corrected chi connectivity index (χ4v) is 8.52. The van der Waals surface area contributed by atoms with E-state index in [9.17, 15) is 0 Å². The van der Waals surface area contributed by atoms with Crippen molar-refractivity contribution in [1.29, 1.82) is 0 Å². The van der Waals surface area contributed by atoms with Gasteiger partial charge in [-0.2, -0.15) is 0 Å². The van der Waals surface area contributed by atoms with Gasteiger partial charge in [0.25, 0.3) is 0 Å². The molecule has 58 heavy (non-hydrogen) atoms. The molecule has 0 saturated heterocycles. The van der Waals surface area contributed by atoms with Crippen molar-refractivity contribution >= 4 is 43.7 Å². The molecule has 0 amide bonds. The van der Waals surface area contributed by atoms with Crippen molar-refractivity contribution in [3.8, 4) is 62.1 Å². The Morgan fingerprint density at radius 3 is 1.78 bits per heavy atom. The van der Waals surface area contributed by atoms with Gasteiger partial charge in [-0.25, -0.2) is 15.0 Å². The van der Waals surface area contributed by atoms with Gasteiger partial charge in [-0.15, -0.1) is 0 Å². The van der Waals surface area contributed by atoms with E-state index in [0.717, 1.165) is 66.5 Å². The lowest BCUT2D eigenvalue weighted by atomic mass is 9.97. The van der Waals surface area contributed by atoms with Crippen LogP contribution in [0.2, 0.25) is 0 Å². The highest BCUT2D eigenvalue weighted by molar-refractivity contribution is 6.12. The molecule has 3 aromatic heterocycles. The maximum absolute atomic E-state index is 6.58. The van der Waals surface area contributed by atoms with Crippen LogP contribution in [0.4, 0.5) is 0 Å². The van der Waals surface area contributed by atoms with E-state index in [0.29, 0.717) is 17.5 Å². The number of aromatic nitrogens is 4. The SMILES string of the molecule is Cc1ccc(-c2ccc3c4ccccc4n(-c4ccc(-c5cccc6c5oc5ccccc56)cc4-c4nc(-c5ccccc5)nc(-c5ccccc5)n4)c3c2)c(C)c1. The molecule has 0 atom stereocenters. The standard InChI is InChI=1S/C53H36N4O/c1-33-24-27-39(34(2)30-33)38-25-28-42-41-18-9-11-22-46(41)57(48(42)32-38)47-29-26-37(40-20-13-21-44-43-19-10-12-23-49(43)58-50(40)44)31-45(47)53-55-51(35-14-5-3-6-15-35)54-52(56-53)36-16-7-4-8-17-36/h3-32H,1-2H3. The summed E-state index contributed by atoms with van der Waals surface area (Å²) in [4.78, 5) is 15.6. The topological polar surface area (TPSA) is 56.7 Å². The molecule has 0 unspecified atom stereocenters. The van der Waals surface area contributed by atoms with Crippen LogP contribution < -0.4 is 0 Å². The second kappa shape index (κ2) is 13.5. The van der Waals surface area contributed by atoms with Gasteiger partial charge in [0, 0.05) is 43.8 Å². The minimum absolute atomic E-state index is 0.581. The van der Waals surface area contributed by atoms with E-state index in [1.165, 1.54) is 33.0 Å². The molecule has 0 radical (unpaired) electrons. The van der Waals surface area contributed by atoms with Crippen LogP contribution in [-0.2, 0) is 0 Å². The van der Waals surface area contributed by atoms with Gasteiger partial charge < -0.3 is 8.98 Å². The number of para-hydroxylation sites is 3. The van der Waals surface area contributed by atoms with Crippen LogP contribution in [0.15, 0.2) is 186 Å². The molecular formula is C53H36N4O. The fourth-order valence-electron chi connectivity index (χ4n) is 8.52. The Morgan fingerprint density at radius 1 is 0.397 bits per heavy atom. The minimum Gasteiger partial charge on any atom is -0.455 e. The van der Waals surface area contributed by atoms with Crippen LogP contribution in [-0.4, -0.2) is 19.5 Å². The van der Waals surface area contributed by atoms with Gasteiger partial charge in [-0.1, -0.05) is 157 Å². The normalized spacial score (nSPS) is 11.6. The van der Waals surface area contributed by atoms with E-state index in [1.54, 1.807) is 0 Å². The summed E-state index contributed by atoms with van der Waals surface area (Å²) in [5.41, 5.74) is 14.5. The maximum atomic E-state index is 6.58. The molecule has 274 valence electrons. The Morgan fingerprint density at radius 2 is 1.02 bits per heavy atom. The smallest absolute Gasteiger partial charge is 0.166 e. The van der Waals surface area contributed by atoms with Crippen LogP contribution in [0.5, 0.6) is 0 Å². The Labute approximate surface area is 335 Å². The fraction of sp³-hybridized carbons (Fsp3) is 0.0377. The van der Waals surface area contributed by atoms with Crippen LogP contribution in [0.3, 0.4) is 0 Å². The van der Waals surface area contributed by atoms with Crippen molar-refractivity contribution < 1.29 is 4.42 Å². The first kappa shape index (κ1) is 33.7. The van der Waals surface area contributed by atoms with E-state index in [2.05, 4.69) is 152 Å². The van der Waals surface area contributed by atoms with Crippen LogP contribution in [0.1, 0.15) is 11.1 Å². The molecule has 11 rings (SSSR count). The number of hydrogen-bond acceptors (Lipinski definition) is 4. The molecule has 0 aliphatic carbocycles. The summed E-state index contributed by atoms with van der Waals surface area (Å²) < 4.78 is 8.96. The monoisotopic (exact) mass is 744 g/mol. The van der Waals surface area contributed by atoms with E-state index in [-0.39, 0.29) is 0 Å². The Bertz CT molecular complexity index is 3300. The van der Waals surface area contributed by atoms with Crippen molar-refractivity contribution in [3.63, 3.8) is 0 Å². The van der Waals surface area contributed by atoms with E-state index >= 15 is 0 Å². The molecule has 0 bridgehead atoms. The van der Waals surface area contributed by atoms with Crippen molar-refractivity contribution in [1.82, 2.24) is 19.5 Å². The van der Waals surface area contributed by atoms with Crippen molar-refractivity contribution in [2.75, 3.05) is 0 Å². The van der Waals surface area contributed by atoms with Gasteiger partial charge in [-0.05, 0) is 66.4 Å². The predicted molar refractivity (Wildman–Crippen MR) is 238 cm³/mol. The summed E-state index contributed by atoms with van der Waals surface area (Å²) in [6, 6.07) is 63.7. The second-order valence-corrected chi connectivity index (χ2v) is 15.0. The third-order valence-electron chi connectivity index (χ3n) is 11.3. The zero-order chi connectivity index (χ0) is 38.7. The summed E-state index contributed by atoms with van der Waals surface area (Å²) in [5.74, 6) is 1.80. The molecule has 0 spiro atoms. The molecule has 0 fully saturated rings. The van der Waals surface area contributed by atoms with Gasteiger partial charge in [-0.3, -0.25) is 0 Å². The first-order valence-electron chi connectivity index (χ1n) is 19.6. The molecule has 0 aliphatic heterocycles. The third kappa shape index (κ3) is 5.59. The molecule has 8 aromatic carbocycles. The summed E-state index contributed by atoms with van der Waals surface area (Å²) >= 11 is 0. The summed E-state index contributed by atoms with van der Waals surface area (Å²) in [6.45, 7) is 4.34. The number of hydrogen-bond donors (Lipinski definition) is 0. The number of fused-ring (bicyclic) bond motifs is 6. The lowest BCUT2D eigenvalue weighted by Crippen LogP contribution is -2.04. The van der Waals surface area contributed by atoms with Crippen LogP contribution in [0.25, 0.3) is 106 Å². The van der Waals surface area contributed by atoms with E-state index < -0.39 is 0 Å². The quantitative estimate of drug-likeness (QED) is 0.170. The molecule has 5 heteroatoms. The number of furan rings is 1. The average Bonchev–Trinajstić information content (AvgIpc) is 3.82. The van der Waals surface area contributed by atoms with Crippen molar-refractivity contribution in [2.45, 2.75) is 13.8 Å². The lowest BCUT2D eigenvalue weighted by Gasteiger charge is -2.17. The van der Waals surface area contributed by atoms with Crippen molar-refractivity contribution in [3.05, 3.63) is 193 Å². The minimum atomic E-state index is 0.581. The Balaban J connectivity index is 1.23. The Kier molecular flexibility index (Phi) is 7.86. The summed E-state index contributed by atoms with van der Waals surface area (Å²) in [7, 11) is 0. The van der Waals surface area contributed by atoms with Gasteiger partial charge >= 0.3 is 0 Å². The van der Waals surface area contributed by atoms with Gasteiger partial charge in [0.1, 0.15) is 11.2 Å². The van der Waals surface area contributed by atoms with Crippen molar-refractivity contribution in [2.24, 2.45) is 0 Å². The molecule has 0 saturated carbocycles. The van der Waals surface area contributed by atoms with Gasteiger partial charge in [0.15, 0.2) is 17.5 Å². The molecule has 0 aliphatic rings. The maximum Gasteiger partial charge on any atom is 0.166 e. The summed E-state index contributed by atoms with van der Waals surface area (Å²) in [5, 5.41) is 4.53. The second-order valence-electron chi connectivity index (χ2n) is 15.0. The zero-order valence-electron chi connectivity index (χ0n) is 32.0. The summed E-state index contributed by atoms with van der Waals surface area (Å²) in [6.07, 6.45) is 0. The third-order valence-corrected chi connectivity index (χ3v) is 11.3. The molecule has 3 heterocycles. The lowest BCUT2D eigenvalue weighted by molar-refractivity contribution is 0.670. The number of benzene rings is 8. The largest absolute Gasteiger partial charge is 0.455 e. The first-order chi connectivity index (χ1) is 28.6. The van der Waals surface area contributed by atoms with Crippen LogP contribution in [0, 0.1) is 13.8 Å². The zero-order valence-corrected chi connectivity index (χ0v) is 32.0. The van der Waals surface area contributed by atoms with E-state index in [4.69, 9.17) is 19.4 Å². The van der Waals surface area contributed by atoms with Gasteiger partial charge in [0.05, 0.1) is 16.7 Å². The predicted octanol–water partition coefficient (Wildman–Crippen LogP) is 13.8. The highest BCUT2D eigenvalue weighted by Gasteiger charge is 2.22. The average molecular weight is 745 g/mol. The highest BCUT2D eigenvalue weighted by atomic mass is 16.3. The molecule has 0 N–H and O–H groups in total. The highest BCUT2D eigenvalue weighted by Crippen LogP contribution is 2.42. The van der Waals surface area contributed by atoms with Gasteiger partial charge in [0.2, 0.25) is 0 Å². The number of aryl methyl sites for hydroxylation is 2. The van der Waals surface area contributed by atoms with E-state index in [1.807, 2.05) is 48.5 Å². The first-order valence-corrected chi connectivity index (χ1v) is 19.6. The molecule has 5 nitrogen and oxygen atoms in total.